The standard InChI is InChI=1S/C2H6O2.Ca.2H/c1-2-4-3;;;/h3H,2H2,1H3;;;/q;+2;2*-1. The largest absolute Gasteiger partial charge is 2.00 e. The summed E-state index contributed by atoms with van der Waals surface area (Å²) in [6, 6.07) is 0. The van der Waals surface area contributed by atoms with E-state index in [2.05, 4.69) is 4.89 Å². The van der Waals surface area contributed by atoms with E-state index in [0.29, 0.717) is 6.61 Å². The van der Waals surface area contributed by atoms with Crippen LogP contribution in [0.25, 0.3) is 0 Å². The molecule has 0 aliphatic rings. The first-order chi connectivity index (χ1) is 1.91. The molecule has 3 heteroatoms. The van der Waals surface area contributed by atoms with Crippen LogP contribution in [0.3, 0.4) is 0 Å². The molecule has 0 amide bonds. The molecule has 0 bridgehead atoms. The van der Waals surface area contributed by atoms with Gasteiger partial charge in [-0.2, -0.15) is 0 Å². The monoisotopic (exact) mass is 104 g/mol. The van der Waals surface area contributed by atoms with Crippen molar-refractivity contribution >= 4 is 37.7 Å². The quantitative estimate of drug-likeness (QED) is 0.295. The molecule has 2 nitrogen and oxygen atoms in total. The van der Waals surface area contributed by atoms with Crippen molar-refractivity contribution in [2.45, 2.75) is 6.92 Å². The van der Waals surface area contributed by atoms with Gasteiger partial charge in [0.05, 0.1) is 6.61 Å². The summed E-state index contributed by atoms with van der Waals surface area (Å²) < 4.78 is 0. The molecule has 0 unspecified atom stereocenters. The first-order valence-electron chi connectivity index (χ1n) is 1.18. The Hall–Kier alpha value is 1.18. The van der Waals surface area contributed by atoms with Crippen molar-refractivity contribution in [2.24, 2.45) is 0 Å². The predicted octanol–water partition coefficient (Wildman–Crippen LogP) is 0.340. The molecule has 0 aliphatic heterocycles. The van der Waals surface area contributed by atoms with Gasteiger partial charge in [0.2, 0.25) is 0 Å². The van der Waals surface area contributed by atoms with E-state index in [9.17, 15) is 0 Å². The van der Waals surface area contributed by atoms with E-state index >= 15 is 0 Å². The van der Waals surface area contributed by atoms with Crippen LogP contribution in [0.4, 0.5) is 0 Å². The molecule has 0 heterocycles. The van der Waals surface area contributed by atoms with Gasteiger partial charge in [0.15, 0.2) is 0 Å². The summed E-state index contributed by atoms with van der Waals surface area (Å²) in [6.07, 6.45) is 0. The maximum Gasteiger partial charge on any atom is 2.00 e. The Morgan fingerprint density at radius 2 is 2.20 bits per heavy atom. The van der Waals surface area contributed by atoms with E-state index in [4.69, 9.17) is 5.26 Å². The summed E-state index contributed by atoms with van der Waals surface area (Å²) in [4.78, 5) is 3.54. The molecule has 5 heavy (non-hydrogen) atoms. The van der Waals surface area contributed by atoms with Gasteiger partial charge < -0.3 is 2.85 Å². The molecule has 0 fully saturated rings. The van der Waals surface area contributed by atoms with Crippen molar-refractivity contribution in [3.63, 3.8) is 0 Å². The average molecular weight is 104 g/mol. The number of rotatable bonds is 1. The zero-order valence-electron chi connectivity index (χ0n) is 5.27. The third-order valence-electron chi connectivity index (χ3n) is 0.129. The van der Waals surface area contributed by atoms with Gasteiger partial charge in [0, 0.05) is 0 Å². The molecular formula is C2H8CaO2. The smallest absolute Gasteiger partial charge is 1.00 e. The molecule has 1 N–H and O–H groups in total. The third-order valence-corrected chi connectivity index (χ3v) is 0.129. The van der Waals surface area contributed by atoms with Gasteiger partial charge in [-0.05, 0) is 6.92 Å². The van der Waals surface area contributed by atoms with Crippen LogP contribution < -0.4 is 0 Å². The minimum absolute atomic E-state index is 0. The van der Waals surface area contributed by atoms with E-state index in [1.165, 1.54) is 0 Å². The summed E-state index contributed by atoms with van der Waals surface area (Å²) in [5, 5.41) is 7.38. The van der Waals surface area contributed by atoms with Crippen LogP contribution in [-0.2, 0) is 4.89 Å². The maximum absolute atomic E-state index is 7.38. The van der Waals surface area contributed by atoms with Gasteiger partial charge in [-0.25, -0.2) is 4.89 Å². The van der Waals surface area contributed by atoms with Crippen molar-refractivity contribution in [3.8, 4) is 0 Å². The SMILES string of the molecule is CCOO.[Ca+2].[H-].[H-]. The van der Waals surface area contributed by atoms with E-state index in [1.54, 1.807) is 6.92 Å². The molecule has 0 saturated carbocycles. The second-order valence-electron chi connectivity index (χ2n) is 0.418. The van der Waals surface area contributed by atoms with Crippen LogP contribution in [0.5, 0.6) is 0 Å². The molecule has 0 rings (SSSR count). The van der Waals surface area contributed by atoms with Crippen molar-refractivity contribution < 1.29 is 13.0 Å². The molecule has 0 aromatic carbocycles. The second kappa shape index (κ2) is 8.95. The third kappa shape index (κ3) is 11.0. The van der Waals surface area contributed by atoms with E-state index in [1.807, 2.05) is 0 Å². The topological polar surface area (TPSA) is 29.5 Å². The van der Waals surface area contributed by atoms with Crippen LogP contribution >= 0.6 is 0 Å². The Labute approximate surface area is 64.0 Å². The van der Waals surface area contributed by atoms with Crippen molar-refractivity contribution in [2.75, 3.05) is 6.61 Å². The van der Waals surface area contributed by atoms with Crippen LogP contribution in [0.15, 0.2) is 0 Å². The molecule has 30 valence electrons. The first kappa shape index (κ1) is 9.49. The summed E-state index contributed by atoms with van der Waals surface area (Å²) in [7, 11) is 0. The number of hydrogen-bond acceptors (Lipinski definition) is 2. The van der Waals surface area contributed by atoms with E-state index in [-0.39, 0.29) is 40.6 Å². The molecule has 0 aromatic rings. The Morgan fingerprint density at radius 1 is 2.00 bits per heavy atom. The fourth-order valence-electron chi connectivity index (χ4n) is 0. The summed E-state index contributed by atoms with van der Waals surface area (Å²) in [5.74, 6) is 0. The van der Waals surface area contributed by atoms with Gasteiger partial charge in [0.25, 0.3) is 0 Å². The zero-order chi connectivity index (χ0) is 3.41. The van der Waals surface area contributed by atoms with Crippen molar-refractivity contribution in [3.05, 3.63) is 0 Å². The van der Waals surface area contributed by atoms with E-state index in [0.717, 1.165) is 0 Å². The predicted molar refractivity (Wildman–Crippen MR) is 22.2 cm³/mol. The molecule has 0 spiro atoms. The zero-order valence-corrected chi connectivity index (χ0v) is 5.48. The molecule has 0 saturated heterocycles. The van der Waals surface area contributed by atoms with Crippen LogP contribution in [0, 0.1) is 0 Å². The Balaban J connectivity index is -0.0000000150. The van der Waals surface area contributed by atoms with Gasteiger partial charge in [0.1, 0.15) is 0 Å². The summed E-state index contributed by atoms with van der Waals surface area (Å²) >= 11 is 0. The van der Waals surface area contributed by atoms with Crippen molar-refractivity contribution in [1.29, 1.82) is 0 Å². The van der Waals surface area contributed by atoms with Crippen LogP contribution in [0.2, 0.25) is 0 Å². The molecular weight excluding hydrogens is 96.1 g/mol. The summed E-state index contributed by atoms with van der Waals surface area (Å²) in [6.45, 7) is 2.08. The van der Waals surface area contributed by atoms with Gasteiger partial charge >= 0.3 is 37.7 Å². The molecule has 0 atom stereocenters. The number of hydrogen-bond donors (Lipinski definition) is 1. The van der Waals surface area contributed by atoms with E-state index < -0.39 is 0 Å². The molecule has 0 radical (unpaired) electrons. The van der Waals surface area contributed by atoms with Crippen LogP contribution in [-0.4, -0.2) is 49.6 Å². The molecule has 0 aliphatic carbocycles. The minimum Gasteiger partial charge on any atom is -1.00 e. The fraction of sp³-hybridized carbons (Fsp3) is 1.00. The Bertz CT molecular complexity index is 15.7. The summed E-state index contributed by atoms with van der Waals surface area (Å²) in [5.41, 5.74) is 0. The maximum atomic E-state index is 7.38. The average Bonchev–Trinajstić information content (AvgIpc) is 1.37. The Morgan fingerprint density at radius 3 is 2.20 bits per heavy atom. The van der Waals surface area contributed by atoms with Gasteiger partial charge in [-0.1, -0.05) is 0 Å². The molecule has 0 aromatic heterocycles. The Kier molecular flexibility index (Phi) is 17.0. The fourth-order valence-corrected chi connectivity index (χ4v) is 0. The van der Waals surface area contributed by atoms with Crippen molar-refractivity contribution in [1.82, 2.24) is 0 Å². The van der Waals surface area contributed by atoms with Gasteiger partial charge in [-0.3, -0.25) is 5.26 Å². The minimum atomic E-state index is 0. The van der Waals surface area contributed by atoms with Gasteiger partial charge in [-0.15, -0.1) is 0 Å². The second-order valence-corrected chi connectivity index (χ2v) is 0.418. The van der Waals surface area contributed by atoms with Crippen LogP contribution in [0.1, 0.15) is 9.78 Å². The first-order valence-corrected chi connectivity index (χ1v) is 1.18. The normalized spacial score (nSPS) is 6.00.